The van der Waals surface area contributed by atoms with Crippen molar-refractivity contribution < 1.29 is 4.74 Å². The summed E-state index contributed by atoms with van der Waals surface area (Å²) in [4.78, 5) is 11.4. The Hall–Kier alpha value is -2.08. The van der Waals surface area contributed by atoms with Crippen molar-refractivity contribution in [1.29, 1.82) is 0 Å². The van der Waals surface area contributed by atoms with Crippen molar-refractivity contribution in [3.63, 3.8) is 0 Å². The highest BCUT2D eigenvalue weighted by atomic mass is 16.5. The van der Waals surface area contributed by atoms with Crippen LogP contribution in [-0.2, 0) is 11.8 Å². The van der Waals surface area contributed by atoms with Gasteiger partial charge in [-0.05, 0) is 31.4 Å². The van der Waals surface area contributed by atoms with E-state index in [0.29, 0.717) is 5.92 Å². The van der Waals surface area contributed by atoms with Crippen LogP contribution in [0, 0.1) is 5.92 Å². The van der Waals surface area contributed by atoms with Crippen LogP contribution in [0.15, 0.2) is 30.7 Å². The van der Waals surface area contributed by atoms with Gasteiger partial charge in [0.2, 0.25) is 0 Å². The highest BCUT2D eigenvalue weighted by Crippen LogP contribution is 2.33. The summed E-state index contributed by atoms with van der Waals surface area (Å²) in [5.41, 5.74) is 1.07. The number of hydrogen-bond donors (Lipinski definition) is 1. The van der Waals surface area contributed by atoms with E-state index < -0.39 is 0 Å². The summed E-state index contributed by atoms with van der Waals surface area (Å²) in [6.07, 6.45) is 9.44. The molecule has 6 nitrogen and oxygen atoms in total. The van der Waals surface area contributed by atoms with Crippen LogP contribution in [0.1, 0.15) is 31.2 Å². The fourth-order valence-corrected chi connectivity index (χ4v) is 3.65. The Balaban J connectivity index is 1.36. The van der Waals surface area contributed by atoms with E-state index in [2.05, 4.69) is 36.9 Å². The number of pyridine rings is 1. The molecule has 0 unspecified atom stereocenters. The second-order valence-corrected chi connectivity index (χ2v) is 6.72. The van der Waals surface area contributed by atoms with Gasteiger partial charge in [0.05, 0.1) is 11.9 Å². The number of anilines is 2. The lowest BCUT2D eigenvalue weighted by Gasteiger charge is -2.20. The van der Waals surface area contributed by atoms with Crippen molar-refractivity contribution in [1.82, 2.24) is 14.5 Å². The van der Waals surface area contributed by atoms with Gasteiger partial charge in [-0.15, -0.1) is 0 Å². The minimum Gasteiger partial charge on any atom is -0.383 e. The number of nitrogens with one attached hydrogen (secondary N) is 1. The predicted octanol–water partition coefficient (Wildman–Crippen LogP) is 2.61. The molecule has 2 aliphatic heterocycles. The molecule has 0 spiro atoms. The normalized spacial score (nSPS) is 23.8. The van der Waals surface area contributed by atoms with Crippen molar-refractivity contribution >= 4 is 11.5 Å². The molecule has 0 radical (unpaired) electrons. The van der Waals surface area contributed by atoms with Gasteiger partial charge in [0, 0.05) is 51.6 Å². The number of aryl methyl sites for hydroxylation is 1. The Kier molecular flexibility index (Phi) is 4.38. The van der Waals surface area contributed by atoms with Crippen molar-refractivity contribution in [2.75, 3.05) is 36.5 Å². The monoisotopic (exact) mass is 327 g/mol. The van der Waals surface area contributed by atoms with Crippen LogP contribution in [0.3, 0.4) is 0 Å². The van der Waals surface area contributed by atoms with Crippen molar-refractivity contribution in [3.05, 3.63) is 36.5 Å². The van der Waals surface area contributed by atoms with E-state index >= 15 is 0 Å². The van der Waals surface area contributed by atoms with Gasteiger partial charge in [-0.2, -0.15) is 0 Å². The topological polar surface area (TPSA) is 55.2 Å². The minimum atomic E-state index is 0.0781. The van der Waals surface area contributed by atoms with E-state index in [1.54, 1.807) is 0 Å². The van der Waals surface area contributed by atoms with Gasteiger partial charge in [-0.1, -0.05) is 0 Å². The molecule has 2 aliphatic rings. The molecule has 2 saturated heterocycles. The summed E-state index contributed by atoms with van der Waals surface area (Å²) in [5.74, 6) is 2.54. The number of imidazole rings is 1. The minimum absolute atomic E-state index is 0.0781. The van der Waals surface area contributed by atoms with E-state index in [4.69, 9.17) is 4.74 Å². The standard InChI is InChI=1S/C18H25N5O/c1-22-10-7-19-18(22)17-14(6-11-24-17)12-20-15-4-5-16(21-13-15)23-8-2-3-9-23/h4-5,7,10,13-14,17,20H,2-3,6,8-9,11-12H2,1H3/t14-,17+/m0/s1. The molecular formula is C18H25N5O. The number of nitrogens with zero attached hydrogens (tertiary/aromatic N) is 4. The molecule has 4 heterocycles. The lowest BCUT2D eigenvalue weighted by molar-refractivity contribution is 0.0839. The van der Waals surface area contributed by atoms with Crippen LogP contribution in [0.4, 0.5) is 11.5 Å². The van der Waals surface area contributed by atoms with E-state index in [0.717, 1.165) is 50.0 Å². The maximum atomic E-state index is 5.92. The van der Waals surface area contributed by atoms with Crippen LogP contribution < -0.4 is 10.2 Å². The molecule has 0 aromatic carbocycles. The largest absolute Gasteiger partial charge is 0.383 e. The first kappa shape index (κ1) is 15.4. The summed E-state index contributed by atoms with van der Waals surface area (Å²) >= 11 is 0. The molecule has 4 rings (SSSR count). The number of ether oxygens (including phenoxy) is 1. The third-order valence-electron chi connectivity index (χ3n) is 5.07. The molecule has 24 heavy (non-hydrogen) atoms. The fraction of sp³-hybridized carbons (Fsp3) is 0.556. The average Bonchev–Trinajstić information content (AvgIpc) is 3.35. The number of hydrogen-bond acceptors (Lipinski definition) is 5. The maximum Gasteiger partial charge on any atom is 0.138 e. The third-order valence-corrected chi connectivity index (χ3v) is 5.07. The molecule has 2 aromatic heterocycles. The molecule has 0 aliphatic carbocycles. The Labute approximate surface area is 142 Å². The smallest absolute Gasteiger partial charge is 0.138 e. The molecule has 6 heteroatoms. The zero-order valence-electron chi connectivity index (χ0n) is 14.2. The molecule has 128 valence electrons. The van der Waals surface area contributed by atoms with Crippen molar-refractivity contribution in [3.8, 4) is 0 Å². The molecular weight excluding hydrogens is 302 g/mol. The van der Waals surface area contributed by atoms with E-state index in [1.165, 1.54) is 12.8 Å². The number of rotatable bonds is 5. The van der Waals surface area contributed by atoms with Gasteiger partial charge in [-0.3, -0.25) is 0 Å². The lowest BCUT2D eigenvalue weighted by atomic mass is 10.0. The molecule has 2 fully saturated rings. The van der Waals surface area contributed by atoms with Gasteiger partial charge in [0.15, 0.2) is 0 Å². The molecule has 0 bridgehead atoms. The SMILES string of the molecule is Cn1ccnc1[C@@H]1OCC[C@H]1CNc1ccc(N2CCCC2)nc1. The molecule has 1 N–H and O–H groups in total. The second kappa shape index (κ2) is 6.81. The lowest BCUT2D eigenvalue weighted by Crippen LogP contribution is -2.21. The Morgan fingerprint density at radius 3 is 2.83 bits per heavy atom. The summed E-state index contributed by atoms with van der Waals surface area (Å²) < 4.78 is 7.97. The zero-order valence-corrected chi connectivity index (χ0v) is 14.2. The molecule has 0 amide bonds. The fourth-order valence-electron chi connectivity index (χ4n) is 3.65. The molecule has 0 saturated carbocycles. The number of aromatic nitrogens is 3. The average molecular weight is 327 g/mol. The first-order valence-corrected chi connectivity index (χ1v) is 8.85. The first-order valence-electron chi connectivity index (χ1n) is 8.85. The van der Waals surface area contributed by atoms with E-state index in [1.807, 2.05) is 25.6 Å². The van der Waals surface area contributed by atoms with E-state index in [-0.39, 0.29) is 6.10 Å². The third kappa shape index (κ3) is 3.11. The van der Waals surface area contributed by atoms with Crippen LogP contribution in [-0.4, -0.2) is 40.8 Å². The summed E-state index contributed by atoms with van der Waals surface area (Å²) in [6, 6.07) is 4.25. The Morgan fingerprint density at radius 1 is 1.25 bits per heavy atom. The maximum absolute atomic E-state index is 5.92. The highest BCUT2D eigenvalue weighted by molar-refractivity contribution is 5.49. The van der Waals surface area contributed by atoms with Crippen LogP contribution >= 0.6 is 0 Å². The van der Waals surface area contributed by atoms with Gasteiger partial charge >= 0.3 is 0 Å². The summed E-state index contributed by atoms with van der Waals surface area (Å²) in [7, 11) is 2.02. The van der Waals surface area contributed by atoms with Gasteiger partial charge < -0.3 is 19.5 Å². The quantitative estimate of drug-likeness (QED) is 0.915. The Morgan fingerprint density at radius 2 is 2.12 bits per heavy atom. The first-order chi connectivity index (χ1) is 11.8. The predicted molar refractivity (Wildman–Crippen MR) is 94.2 cm³/mol. The molecule has 2 atom stereocenters. The van der Waals surface area contributed by atoms with Gasteiger partial charge in [0.1, 0.15) is 17.7 Å². The van der Waals surface area contributed by atoms with Crippen LogP contribution in [0.25, 0.3) is 0 Å². The van der Waals surface area contributed by atoms with Crippen LogP contribution in [0.5, 0.6) is 0 Å². The Bertz CT molecular complexity index is 662. The van der Waals surface area contributed by atoms with Crippen LogP contribution in [0.2, 0.25) is 0 Å². The van der Waals surface area contributed by atoms with E-state index in [9.17, 15) is 0 Å². The zero-order chi connectivity index (χ0) is 16.4. The summed E-state index contributed by atoms with van der Waals surface area (Å²) in [6.45, 7) is 3.94. The van der Waals surface area contributed by atoms with Crippen molar-refractivity contribution in [2.45, 2.75) is 25.4 Å². The summed E-state index contributed by atoms with van der Waals surface area (Å²) in [5, 5.41) is 3.52. The molecule has 2 aromatic rings. The van der Waals surface area contributed by atoms with Gasteiger partial charge in [0.25, 0.3) is 0 Å². The van der Waals surface area contributed by atoms with Crippen molar-refractivity contribution in [2.24, 2.45) is 13.0 Å². The van der Waals surface area contributed by atoms with Gasteiger partial charge in [-0.25, -0.2) is 9.97 Å². The second-order valence-electron chi connectivity index (χ2n) is 6.72. The highest BCUT2D eigenvalue weighted by Gasteiger charge is 2.32.